The van der Waals surface area contributed by atoms with Gasteiger partial charge in [-0.3, -0.25) is 0 Å². The van der Waals surface area contributed by atoms with E-state index >= 15 is 0 Å². The standard InChI is InChI=1S/C17H23N3O2S/c1-17(2,3)22-16(21)20-6-4-13(5-7-20)10-19-11-15-8-14(9-18)12-23-15/h4,8,12,19H,5-7,10-11H2,1-3H3. The SMILES string of the molecule is CC(C)(C)OC(=O)N1CC=C(CNCc2cc(C#N)cs2)CC1. The van der Waals surface area contributed by atoms with Crippen LogP contribution in [0, 0.1) is 11.3 Å². The Bertz CT molecular complexity index is 623. The van der Waals surface area contributed by atoms with E-state index in [0.29, 0.717) is 13.1 Å². The average molecular weight is 333 g/mol. The molecule has 2 rings (SSSR count). The molecular formula is C17H23N3O2S. The van der Waals surface area contributed by atoms with Gasteiger partial charge < -0.3 is 15.0 Å². The molecule has 0 saturated carbocycles. The minimum absolute atomic E-state index is 0.247. The summed E-state index contributed by atoms with van der Waals surface area (Å²) in [5.41, 5.74) is 1.57. The van der Waals surface area contributed by atoms with Crippen molar-refractivity contribution in [3.63, 3.8) is 0 Å². The number of nitriles is 1. The summed E-state index contributed by atoms with van der Waals surface area (Å²) in [5.74, 6) is 0. The summed E-state index contributed by atoms with van der Waals surface area (Å²) in [6, 6.07) is 4.05. The molecule has 0 radical (unpaired) electrons. The second-order valence-corrected chi connectivity index (χ2v) is 7.55. The second-order valence-electron chi connectivity index (χ2n) is 6.56. The van der Waals surface area contributed by atoms with Crippen LogP contribution in [0.2, 0.25) is 0 Å². The van der Waals surface area contributed by atoms with Gasteiger partial charge in [0.15, 0.2) is 0 Å². The number of rotatable bonds is 4. The Kier molecular flexibility index (Phi) is 5.80. The molecule has 2 heterocycles. The van der Waals surface area contributed by atoms with E-state index in [-0.39, 0.29) is 6.09 Å². The number of thiophene rings is 1. The van der Waals surface area contributed by atoms with Crippen molar-refractivity contribution in [2.75, 3.05) is 19.6 Å². The van der Waals surface area contributed by atoms with Gasteiger partial charge in [0.05, 0.1) is 5.56 Å². The van der Waals surface area contributed by atoms with Gasteiger partial charge in [0.1, 0.15) is 11.7 Å². The van der Waals surface area contributed by atoms with Crippen LogP contribution in [-0.2, 0) is 11.3 Å². The summed E-state index contributed by atoms with van der Waals surface area (Å²) in [6.45, 7) is 8.50. The van der Waals surface area contributed by atoms with Crippen LogP contribution in [0.4, 0.5) is 4.79 Å². The zero-order valence-corrected chi connectivity index (χ0v) is 14.7. The third-order valence-corrected chi connectivity index (χ3v) is 4.33. The van der Waals surface area contributed by atoms with E-state index in [9.17, 15) is 4.79 Å². The smallest absolute Gasteiger partial charge is 0.410 e. The zero-order valence-electron chi connectivity index (χ0n) is 13.9. The number of amides is 1. The molecule has 0 fully saturated rings. The van der Waals surface area contributed by atoms with Crippen LogP contribution in [0.15, 0.2) is 23.1 Å². The van der Waals surface area contributed by atoms with Gasteiger partial charge in [-0.2, -0.15) is 5.26 Å². The highest BCUT2D eigenvalue weighted by molar-refractivity contribution is 7.10. The summed E-state index contributed by atoms with van der Waals surface area (Å²) < 4.78 is 5.38. The van der Waals surface area contributed by atoms with E-state index in [1.54, 1.807) is 16.2 Å². The summed E-state index contributed by atoms with van der Waals surface area (Å²) in [5, 5.41) is 14.1. The fraction of sp³-hybridized carbons (Fsp3) is 0.529. The fourth-order valence-electron chi connectivity index (χ4n) is 2.24. The predicted molar refractivity (Wildman–Crippen MR) is 91.2 cm³/mol. The molecule has 0 aromatic carbocycles. The third kappa shape index (κ3) is 5.70. The van der Waals surface area contributed by atoms with Crippen LogP contribution >= 0.6 is 11.3 Å². The minimum atomic E-state index is -0.453. The Hall–Kier alpha value is -1.84. The van der Waals surface area contributed by atoms with E-state index in [4.69, 9.17) is 10.00 Å². The first-order valence-electron chi connectivity index (χ1n) is 7.71. The van der Waals surface area contributed by atoms with Crippen molar-refractivity contribution in [2.45, 2.75) is 39.3 Å². The monoisotopic (exact) mass is 333 g/mol. The van der Waals surface area contributed by atoms with Gasteiger partial charge in [0.25, 0.3) is 0 Å². The second kappa shape index (κ2) is 7.62. The molecule has 0 spiro atoms. The molecule has 0 aliphatic carbocycles. The normalized spacial score (nSPS) is 15.0. The zero-order chi connectivity index (χ0) is 16.9. The fourth-order valence-corrected chi connectivity index (χ4v) is 3.02. The largest absolute Gasteiger partial charge is 0.444 e. The molecule has 124 valence electrons. The van der Waals surface area contributed by atoms with Crippen molar-refractivity contribution in [3.05, 3.63) is 33.5 Å². The maximum absolute atomic E-state index is 12.0. The first-order valence-corrected chi connectivity index (χ1v) is 8.59. The Balaban J connectivity index is 1.74. The van der Waals surface area contributed by atoms with Gasteiger partial charge in [0, 0.05) is 36.4 Å². The molecule has 0 saturated heterocycles. The lowest BCUT2D eigenvalue weighted by Crippen LogP contribution is -2.39. The first kappa shape index (κ1) is 17.5. The van der Waals surface area contributed by atoms with E-state index < -0.39 is 5.60 Å². The van der Waals surface area contributed by atoms with E-state index in [2.05, 4.69) is 17.5 Å². The van der Waals surface area contributed by atoms with E-state index in [1.807, 2.05) is 32.2 Å². The molecule has 1 aromatic heterocycles. The van der Waals surface area contributed by atoms with Crippen molar-refractivity contribution < 1.29 is 9.53 Å². The molecule has 0 atom stereocenters. The lowest BCUT2D eigenvalue weighted by atomic mass is 10.1. The Morgan fingerprint density at radius 1 is 1.48 bits per heavy atom. The Morgan fingerprint density at radius 2 is 2.26 bits per heavy atom. The summed E-state index contributed by atoms with van der Waals surface area (Å²) in [7, 11) is 0. The van der Waals surface area contributed by atoms with Crippen molar-refractivity contribution in [1.82, 2.24) is 10.2 Å². The minimum Gasteiger partial charge on any atom is -0.444 e. The maximum Gasteiger partial charge on any atom is 0.410 e. The molecule has 0 bridgehead atoms. The molecular weight excluding hydrogens is 310 g/mol. The number of carbonyl (C=O) groups is 1. The lowest BCUT2D eigenvalue weighted by Gasteiger charge is -2.29. The number of nitrogens with one attached hydrogen (secondary N) is 1. The van der Waals surface area contributed by atoms with Crippen molar-refractivity contribution in [3.8, 4) is 6.07 Å². The molecule has 0 unspecified atom stereocenters. The van der Waals surface area contributed by atoms with Gasteiger partial charge >= 0.3 is 6.09 Å². The molecule has 1 aliphatic heterocycles. The van der Waals surface area contributed by atoms with Crippen molar-refractivity contribution >= 4 is 17.4 Å². The molecule has 1 aliphatic rings. The molecule has 23 heavy (non-hydrogen) atoms. The molecule has 5 nitrogen and oxygen atoms in total. The number of carbonyl (C=O) groups excluding carboxylic acids is 1. The Labute approximate surface area is 141 Å². The summed E-state index contributed by atoms with van der Waals surface area (Å²) in [4.78, 5) is 14.9. The van der Waals surface area contributed by atoms with Gasteiger partial charge in [-0.05, 0) is 33.3 Å². The van der Waals surface area contributed by atoms with E-state index in [1.165, 1.54) is 5.57 Å². The van der Waals surface area contributed by atoms with Crippen LogP contribution in [0.3, 0.4) is 0 Å². The van der Waals surface area contributed by atoms with Crippen LogP contribution in [0.5, 0.6) is 0 Å². The summed E-state index contributed by atoms with van der Waals surface area (Å²) in [6.07, 6.45) is 2.71. The highest BCUT2D eigenvalue weighted by Gasteiger charge is 2.23. The highest BCUT2D eigenvalue weighted by Crippen LogP contribution is 2.16. The average Bonchev–Trinajstić information content (AvgIpc) is 2.94. The molecule has 1 amide bonds. The number of hydrogen-bond acceptors (Lipinski definition) is 5. The van der Waals surface area contributed by atoms with Crippen LogP contribution in [-0.4, -0.2) is 36.2 Å². The van der Waals surface area contributed by atoms with Crippen LogP contribution < -0.4 is 5.32 Å². The van der Waals surface area contributed by atoms with Crippen molar-refractivity contribution in [2.24, 2.45) is 0 Å². The van der Waals surface area contributed by atoms with Gasteiger partial charge in [-0.15, -0.1) is 11.3 Å². The number of nitrogens with zero attached hydrogens (tertiary/aromatic N) is 2. The van der Waals surface area contributed by atoms with E-state index in [0.717, 1.165) is 30.0 Å². The topological polar surface area (TPSA) is 65.4 Å². The molecule has 1 aromatic rings. The number of ether oxygens (including phenoxy) is 1. The lowest BCUT2D eigenvalue weighted by molar-refractivity contribution is 0.0265. The van der Waals surface area contributed by atoms with Crippen LogP contribution in [0.25, 0.3) is 0 Å². The Morgan fingerprint density at radius 3 is 2.83 bits per heavy atom. The quantitative estimate of drug-likeness (QED) is 0.859. The maximum atomic E-state index is 12.0. The predicted octanol–water partition coefficient (Wildman–Crippen LogP) is 3.28. The summed E-state index contributed by atoms with van der Waals surface area (Å²) >= 11 is 1.60. The van der Waals surface area contributed by atoms with Crippen molar-refractivity contribution in [1.29, 1.82) is 5.26 Å². The third-order valence-electron chi connectivity index (χ3n) is 3.39. The van der Waals surface area contributed by atoms with Gasteiger partial charge in [0.2, 0.25) is 0 Å². The molecule has 1 N–H and O–H groups in total. The first-order chi connectivity index (χ1) is 10.9. The van der Waals surface area contributed by atoms with Crippen LogP contribution in [0.1, 0.15) is 37.6 Å². The van der Waals surface area contributed by atoms with Gasteiger partial charge in [-0.25, -0.2) is 4.79 Å². The van der Waals surface area contributed by atoms with Gasteiger partial charge in [-0.1, -0.05) is 11.6 Å². The highest BCUT2D eigenvalue weighted by atomic mass is 32.1. The number of hydrogen-bond donors (Lipinski definition) is 1. The molecule has 6 heteroatoms.